The third-order valence-electron chi connectivity index (χ3n) is 3.31. The van der Waals surface area contributed by atoms with Gasteiger partial charge in [-0.2, -0.15) is 0 Å². The predicted molar refractivity (Wildman–Crippen MR) is 76.0 cm³/mol. The Hall–Kier alpha value is -2.08. The second-order valence-corrected chi connectivity index (χ2v) is 4.80. The van der Waals surface area contributed by atoms with Crippen molar-refractivity contribution in [2.45, 2.75) is 20.3 Å². The number of para-hydroxylation sites is 1. The SMILES string of the molecule is CCCN(OC)C1=Nc2c(F)cccc2C(=O)C1C(C)=O. The molecule has 0 bridgehead atoms. The minimum Gasteiger partial charge on any atom is -0.299 e. The molecule has 0 radical (unpaired) electrons. The molecule has 1 aromatic carbocycles. The third-order valence-corrected chi connectivity index (χ3v) is 3.31. The number of ketones is 2. The highest BCUT2D eigenvalue weighted by molar-refractivity contribution is 6.27. The summed E-state index contributed by atoms with van der Waals surface area (Å²) in [5, 5.41) is 1.37. The number of carbonyl (C=O) groups excluding carboxylic acids is 2. The highest BCUT2D eigenvalue weighted by Crippen LogP contribution is 2.32. The average molecular weight is 292 g/mol. The summed E-state index contributed by atoms with van der Waals surface area (Å²) < 4.78 is 13.9. The second kappa shape index (κ2) is 6.13. The normalized spacial score (nSPS) is 17.2. The minimum atomic E-state index is -1.05. The van der Waals surface area contributed by atoms with Crippen LogP contribution in [0.15, 0.2) is 23.2 Å². The van der Waals surface area contributed by atoms with Crippen LogP contribution in [0, 0.1) is 11.7 Å². The molecule has 2 rings (SSSR count). The molecular weight excluding hydrogens is 275 g/mol. The first-order valence-electron chi connectivity index (χ1n) is 6.74. The standard InChI is InChI=1S/C15H17FN2O3/c1-4-8-18(21-3)15-12(9(2)19)14(20)10-6-5-7-11(16)13(10)17-15/h5-7,12H,4,8H2,1-3H3. The summed E-state index contributed by atoms with van der Waals surface area (Å²) >= 11 is 0. The van der Waals surface area contributed by atoms with Gasteiger partial charge < -0.3 is 0 Å². The molecule has 1 aliphatic heterocycles. The zero-order valence-electron chi connectivity index (χ0n) is 12.2. The summed E-state index contributed by atoms with van der Waals surface area (Å²) in [6, 6.07) is 4.15. The smallest absolute Gasteiger partial charge is 0.183 e. The Morgan fingerprint density at radius 3 is 2.76 bits per heavy atom. The zero-order valence-corrected chi connectivity index (χ0v) is 12.2. The average Bonchev–Trinajstić information content (AvgIpc) is 2.45. The lowest BCUT2D eigenvalue weighted by molar-refractivity contribution is -0.119. The largest absolute Gasteiger partial charge is 0.299 e. The van der Waals surface area contributed by atoms with Gasteiger partial charge in [-0.25, -0.2) is 14.4 Å². The van der Waals surface area contributed by atoms with Gasteiger partial charge in [0.15, 0.2) is 5.78 Å². The molecule has 5 nitrogen and oxygen atoms in total. The van der Waals surface area contributed by atoms with Gasteiger partial charge in [0.25, 0.3) is 0 Å². The molecule has 0 fully saturated rings. The Kier molecular flexibility index (Phi) is 4.47. The molecule has 0 saturated carbocycles. The number of halogens is 1. The summed E-state index contributed by atoms with van der Waals surface area (Å²) in [7, 11) is 1.43. The maximum absolute atomic E-state index is 13.9. The van der Waals surface area contributed by atoms with Gasteiger partial charge in [-0.3, -0.25) is 14.4 Å². The molecule has 21 heavy (non-hydrogen) atoms. The second-order valence-electron chi connectivity index (χ2n) is 4.80. The van der Waals surface area contributed by atoms with Crippen molar-refractivity contribution in [1.29, 1.82) is 0 Å². The predicted octanol–water partition coefficient (Wildman–Crippen LogP) is 2.53. The van der Waals surface area contributed by atoms with Crippen molar-refractivity contribution in [3.05, 3.63) is 29.6 Å². The van der Waals surface area contributed by atoms with E-state index >= 15 is 0 Å². The maximum Gasteiger partial charge on any atom is 0.183 e. The van der Waals surface area contributed by atoms with Gasteiger partial charge in [0.2, 0.25) is 0 Å². The van der Waals surface area contributed by atoms with E-state index in [1.807, 2.05) is 6.92 Å². The Balaban J connectivity index is 2.60. The first kappa shape index (κ1) is 15.3. The lowest BCUT2D eigenvalue weighted by Crippen LogP contribution is -2.44. The van der Waals surface area contributed by atoms with Gasteiger partial charge in [0.1, 0.15) is 29.0 Å². The molecule has 1 unspecified atom stereocenters. The molecule has 0 amide bonds. The van der Waals surface area contributed by atoms with Crippen molar-refractivity contribution in [3.8, 4) is 0 Å². The van der Waals surface area contributed by atoms with Crippen LogP contribution in [-0.2, 0) is 9.63 Å². The Morgan fingerprint density at radius 1 is 1.48 bits per heavy atom. The molecule has 1 heterocycles. The summed E-state index contributed by atoms with van der Waals surface area (Å²) in [6.07, 6.45) is 0.732. The van der Waals surface area contributed by atoms with E-state index in [4.69, 9.17) is 4.84 Å². The zero-order chi connectivity index (χ0) is 15.6. The number of fused-ring (bicyclic) bond motifs is 1. The highest BCUT2D eigenvalue weighted by Gasteiger charge is 2.38. The number of carbonyl (C=O) groups is 2. The molecule has 112 valence electrons. The molecule has 0 saturated heterocycles. The number of hydrogen-bond acceptors (Lipinski definition) is 5. The van der Waals surface area contributed by atoms with Gasteiger partial charge in [-0.05, 0) is 25.5 Å². The molecule has 0 aromatic heterocycles. The Labute approximate surface area is 122 Å². The molecule has 0 N–H and O–H groups in total. The van der Waals surface area contributed by atoms with Crippen LogP contribution in [0.25, 0.3) is 0 Å². The first-order chi connectivity index (χ1) is 10.0. The molecule has 1 aromatic rings. The van der Waals surface area contributed by atoms with Gasteiger partial charge in [0, 0.05) is 12.1 Å². The number of nitrogens with zero attached hydrogens (tertiary/aromatic N) is 2. The van der Waals surface area contributed by atoms with E-state index in [9.17, 15) is 14.0 Å². The van der Waals surface area contributed by atoms with Crippen LogP contribution >= 0.6 is 0 Å². The van der Waals surface area contributed by atoms with Gasteiger partial charge in [-0.15, -0.1) is 0 Å². The van der Waals surface area contributed by atoms with E-state index in [1.165, 1.54) is 37.3 Å². The monoisotopic (exact) mass is 292 g/mol. The number of benzene rings is 1. The summed E-state index contributed by atoms with van der Waals surface area (Å²) in [4.78, 5) is 33.7. The molecule has 1 atom stereocenters. The van der Waals surface area contributed by atoms with E-state index in [-0.39, 0.29) is 22.9 Å². The van der Waals surface area contributed by atoms with Crippen LogP contribution in [-0.4, -0.2) is 36.1 Å². The number of hydroxylamine groups is 2. The van der Waals surface area contributed by atoms with Crippen LogP contribution < -0.4 is 0 Å². The maximum atomic E-state index is 13.9. The molecule has 1 aliphatic rings. The van der Waals surface area contributed by atoms with E-state index < -0.39 is 17.5 Å². The quantitative estimate of drug-likeness (QED) is 0.632. The Morgan fingerprint density at radius 2 is 2.19 bits per heavy atom. The van der Waals surface area contributed by atoms with Crippen molar-refractivity contribution in [2.75, 3.05) is 13.7 Å². The lowest BCUT2D eigenvalue weighted by Gasteiger charge is -2.30. The number of aliphatic imine (C=N–C) groups is 1. The highest BCUT2D eigenvalue weighted by atomic mass is 19.1. The van der Waals surface area contributed by atoms with Crippen molar-refractivity contribution in [2.24, 2.45) is 10.9 Å². The van der Waals surface area contributed by atoms with Crippen molar-refractivity contribution >= 4 is 23.1 Å². The third kappa shape index (κ3) is 2.71. The number of hydrogen-bond donors (Lipinski definition) is 0. The van der Waals surface area contributed by atoms with Crippen LogP contribution in [0.2, 0.25) is 0 Å². The summed E-state index contributed by atoms with van der Waals surface area (Å²) in [6.45, 7) is 3.70. The van der Waals surface area contributed by atoms with Crippen molar-refractivity contribution in [1.82, 2.24) is 5.06 Å². The van der Waals surface area contributed by atoms with E-state index in [0.717, 1.165) is 6.42 Å². The fourth-order valence-electron chi connectivity index (χ4n) is 2.35. The van der Waals surface area contributed by atoms with Crippen molar-refractivity contribution < 1.29 is 18.8 Å². The van der Waals surface area contributed by atoms with Gasteiger partial charge >= 0.3 is 0 Å². The fourth-order valence-corrected chi connectivity index (χ4v) is 2.35. The molecular formula is C15H17FN2O3. The van der Waals surface area contributed by atoms with E-state index in [2.05, 4.69) is 4.99 Å². The van der Waals surface area contributed by atoms with Crippen LogP contribution in [0.4, 0.5) is 10.1 Å². The van der Waals surface area contributed by atoms with E-state index in [0.29, 0.717) is 6.54 Å². The van der Waals surface area contributed by atoms with E-state index in [1.54, 1.807) is 0 Å². The minimum absolute atomic E-state index is 0.0341. The van der Waals surface area contributed by atoms with Crippen LogP contribution in [0.1, 0.15) is 30.6 Å². The number of amidine groups is 1. The number of Topliss-reactive ketones (excluding diaryl/α,β-unsaturated/α-hetero) is 2. The van der Waals surface area contributed by atoms with Crippen molar-refractivity contribution in [3.63, 3.8) is 0 Å². The summed E-state index contributed by atoms with van der Waals surface area (Å²) in [5.41, 5.74) is 0.0969. The first-order valence-corrected chi connectivity index (χ1v) is 6.74. The number of rotatable bonds is 4. The van der Waals surface area contributed by atoms with Crippen LogP contribution in [0.3, 0.4) is 0 Å². The topological polar surface area (TPSA) is 59.0 Å². The molecule has 6 heteroatoms. The van der Waals surface area contributed by atoms with Crippen LogP contribution in [0.5, 0.6) is 0 Å². The summed E-state index contributed by atoms with van der Waals surface area (Å²) in [5.74, 6) is -2.28. The Bertz CT molecular complexity index is 613. The fraction of sp³-hybridized carbons (Fsp3) is 0.400. The van der Waals surface area contributed by atoms with Gasteiger partial charge in [-0.1, -0.05) is 13.0 Å². The van der Waals surface area contributed by atoms with Gasteiger partial charge in [0.05, 0.1) is 7.11 Å². The lowest BCUT2D eigenvalue weighted by atomic mass is 9.89. The molecule has 0 spiro atoms. The molecule has 0 aliphatic carbocycles.